The topological polar surface area (TPSA) is 83.6 Å². The van der Waals surface area contributed by atoms with Gasteiger partial charge in [-0.1, -0.05) is 56.6 Å². The Hall–Kier alpha value is -2.38. The molecular formula is C25H29ClN2O4S. The molecule has 176 valence electrons. The Morgan fingerprint density at radius 1 is 0.970 bits per heavy atom. The Balaban J connectivity index is 1.51. The molecule has 0 bridgehead atoms. The average molecular weight is 489 g/mol. The normalized spacial score (nSPS) is 21.8. The molecule has 1 N–H and O–H groups in total. The van der Waals surface area contributed by atoms with Gasteiger partial charge in [-0.15, -0.1) is 0 Å². The lowest BCUT2D eigenvalue weighted by molar-refractivity contribution is -0.158. The average Bonchev–Trinajstić information content (AvgIpc) is 3.54. The molecule has 1 unspecified atom stereocenters. The third kappa shape index (κ3) is 4.17. The van der Waals surface area contributed by atoms with Gasteiger partial charge in [0, 0.05) is 11.6 Å². The van der Waals surface area contributed by atoms with Crippen LogP contribution in [0.2, 0.25) is 5.02 Å². The van der Waals surface area contributed by atoms with Crippen LogP contribution >= 0.6 is 11.6 Å². The number of likely N-dealkylation sites (tertiary alicyclic amines) is 1. The number of nitrogens with one attached hydrogen (secondary N) is 1. The van der Waals surface area contributed by atoms with Crippen molar-refractivity contribution < 1.29 is 18.0 Å². The van der Waals surface area contributed by atoms with E-state index in [-0.39, 0.29) is 16.2 Å². The lowest BCUT2D eigenvalue weighted by Crippen LogP contribution is -2.69. The van der Waals surface area contributed by atoms with Gasteiger partial charge >= 0.3 is 0 Å². The van der Waals surface area contributed by atoms with Crippen molar-refractivity contribution in [2.45, 2.75) is 68.2 Å². The van der Waals surface area contributed by atoms with Crippen LogP contribution < -0.4 is 4.72 Å². The minimum absolute atomic E-state index is 0.0180. The van der Waals surface area contributed by atoms with Crippen LogP contribution in [0.4, 0.5) is 0 Å². The summed E-state index contributed by atoms with van der Waals surface area (Å²) in [7, 11) is -4.06. The van der Waals surface area contributed by atoms with E-state index in [9.17, 15) is 18.0 Å². The minimum atomic E-state index is -4.06. The first-order valence-electron chi connectivity index (χ1n) is 11.1. The van der Waals surface area contributed by atoms with Gasteiger partial charge in [-0.25, -0.2) is 13.1 Å². The van der Waals surface area contributed by atoms with Gasteiger partial charge in [-0.3, -0.25) is 9.59 Å². The summed E-state index contributed by atoms with van der Waals surface area (Å²) in [6, 6.07) is 13.7. The fourth-order valence-electron chi connectivity index (χ4n) is 4.32. The summed E-state index contributed by atoms with van der Waals surface area (Å²) in [5.74, 6) is -0.824. The molecule has 2 aromatic rings. The predicted octanol–water partition coefficient (Wildman–Crippen LogP) is 4.17. The summed E-state index contributed by atoms with van der Waals surface area (Å²) in [6.45, 7) is 8.16. The van der Waals surface area contributed by atoms with Crippen LogP contribution in [0.15, 0.2) is 53.4 Å². The van der Waals surface area contributed by atoms with Gasteiger partial charge in [0.1, 0.15) is 5.54 Å². The lowest BCUT2D eigenvalue weighted by Gasteiger charge is -2.50. The number of halogens is 1. The first kappa shape index (κ1) is 23.8. The fraction of sp³-hybridized carbons (Fsp3) is 0.440. The number of hydrogen-bond acceptors (Lipinski definition) is 4. The highest BCUT2D eigenvalue weighted by Crippen LogP contribution is 2.52. The van der Waals surface area contributed by atoms with Gasteiger partial charge in [0.2, 0.25) is 5.91 Å². The molecular weight excluding hydrogens is 460 g/mol. The highest BCUT2D eigenvalue weighted by molar-refractivity contribution is 7.90. The van der Waals surface area contributed by atoms with E-state index in [1.165, 1.54) is 17.0 Å². The largest absolute Gasteiger partial charge is 0.327 e. The Labute approximate surface area is 200 Å². The Morgan fingerprint density at radius 3 is 2.00 bits per heavy atom. The van der Waals surface area contributed by atoms with E-state index in [1.807, 2.05) is 32.9 Å². The minimum Gasteiger partial charge on any atom is -0.327 e. The third-order valence-corrected chi connectivity index (χ3v) is 8.57. The van der Waals surface area contributed by atoms with E-state index >= 15 is 0 Å². The molecule has 1 heterocycles. The van der Waals surface area contributed by atoms with Crippen molar-refractivity contribution in [3.63, 3.8) is 0 Å². The first-order chi connectivity index (χ1) is 15.3. The van der Waals surface area contributed by atoms with Crippen molar-refractivity contribution in [2.24, 2.45) is 0 Å². The highest BCUT2D eigenvalue weighted by Gasteiger charge is 2.60. The zero-order valence-electron chi connectivity index (χ0n) is 19.3. The van der Waals surface area contributed by atoms with Crippen LogP contribution in [0.25, 0.3) is 0 Å². The molecule has 1 saturated carbocycles. The molecule has 6 nitrogen and oxygen atoms in total. The molecule has 1 aliphatic heterocycles. The Bertz CT molecular complexity index is 1200. The van der Waals surface area contributed by atoms with Gasteiger partial charge in [0.25, 0.3) is 15.9 Å². The number of hydrogen-bond donors (Lipinski definition) is 1. The monoisotopic (exact) mass is 488 g/mol. The maximum absolute atomic E-state index is 13.4. The maximum Gasteiger partial charge on any atom is 0.264 e. The van der Waals surface area contributed by atoms with E-state index < -0.39 is 26.9 Å². The second-order valence-corrected chi connectivity index (χ2v) is 12.4. The summed E-state index contributed by atoms with van der Waals surface area (Å²) in [4.78, 5) is 28.1. The van der Waals surface area contributed by atoms with Gasteiger partial charge in [-0.05, 0) is 67.0 Å². The molecule has 1 atom stereocenters. The van der Waals surface area contributed by atoms with Crippen molar-refractivity contribution in [3.05, 3.63) is 64.7 Å². The Morgan fingerprint density at radius 2 is 1.55 bits per heavy atom. The quantitative estimate of drug-likeness (QED) is 0.684. The molecule has 0 spiro atoms. The fourth-order valence-corrected chi connectivity index (χ4v) is 5.53. The predicted molar refractivity (Wildman–Crippen MR) is 128 cm³/mol. The van der Waals surface area contributed by atoms with E-state index in [0.29, 0.717) is 30.8 Å². The number of carbonyl (C=O) groups is 2. The zero-order valence-corrected chi connectivity index (χ0v) is 20.9. The Kier molecular flexibility index (Phi) is 5.65. The van der Waals surface area contributed by atoms with Crippen molar-refractivity contribution in [3.8, 4) is 0 Å². The van der Waals surface area contributed by atoms with Gasteiger partial charge < -0.3 is 4.90 Å². The summed E-state index contributed by atoms with van der Waals surface area (Å²) >= 11 is 5.99. The van der Waals surface area contributed by atoms with Crippen molar-refractivity contribution >= 4 is 33.4 Å². The molecule has 2 amide bonds. The number of carbonyl (C=O) groups excluding carboxylic acids is 2. The standard InChI is InChI=1S/C25H29ClN2O4S/c1-23(2,3)17-7-11-20(12-8-17)33(31,32)27-21(29)24(4)15-16-28(24)22(30)25(13-14-25)18-5-9-19(26)10-6-18/h5-12H,13-16H2,1-4H3,(H,27,29). The second-order valence-electron chi connectivity index (χ2n) is 10.3. The molecule has 1 saturated heterocycles. The summed E-state index contributed by atoms with van der Waals surface area (Å²) < 4.78 is 28.0. The molecule has 4 rings (SSSR count). The first-order valence-corrected chi connectivity index (χ1v) is 12.9. The van der Waals surface area contributed by atoms with E-state index in [0.717, 1.165) is 11.1 Å². The van der Waals surface area contributed by atoms with Gasteiger partial charge in [0.15, 0.2) is 0 Å². The van der Waals surface area contributed by atoms with Crippen LogP contribution in [0.1, 0.15) is 58.1 Å². The van der Waals surface area contributed by atoms with E-state index in [4.69, 9.17) is 11.6 Å². The van der Waals surface area contributed by atoms with Crippen LogP contribution in [0.3, 0.4) is 0 Å². The van der Waals surface area contributed by atoms with Crippen LogP contribution in [0.5, 0.6) is 0 Å². The number of nitrogens with zero attached hydrogens (tertiary/aromatic N) is 1. The molecule has 2 aromatic carbocycles. The van der Waals surface area contributed by atoms with Crippen molar-refractivity contribution in [2.75, 3.05) is 6.54 Å². The second kappa shape index (κ2) is 7.84. The summed E-state index contributed by atoms with van der Waals surface area (Å²) in [5, 5.41) is 0.593. The van der Waals surface area contributed by atoms with E-state index in [2.05, 4.69) is 4.72 Å². The molecule has 33 heavy (non-hydrogen) atoms. The maximum atomic E-state index is 13.4. The molecule has 2 aliphatic rings. The van der Waals surface area contributed by atoms with E-state index in [1.54, 1.807) is 31.2 Å². The number of benzene rings is 2. The van der Waals surface area contributed by atoms with Crippen LogP contribution in [0, 0.1) is 0 Å². The molecule has 8 heteroatoms. The number of amides is 2. The molecule has 1 aliphatic carbocycles. The number of rotatable bonds is 5. The van der Waals surface area contributed by atoms with Gasteiger partial charge in [0.05, 0.1) is 10.3 Å². The lowest BCUT2D eigenvalue weighted by atomic mass is 9.82. The van der Waals surface area contributed by atoms with Crippen LogP contribution in [-0.4, -0.2) is 37.2 Å². The smallest absolute Gasteiger partial charge is 0.264 e. The molecule has 0 aromatic heterocycles. The summed E-state index contributed by atoms with van der Waals surface area (Å²) in [5.41, 5.74) is -0.119. The molecule has 0 radical (unpaired) electrons. The van der Waals surface area contributed by atoms with Crippen LogP contribution in [-0.2, 0) is 30.4 Å². The van der Waals surface area contributed by atoms with Crippen molar-refractivity contribution in [1.82, 2.24) is 9.62 Å². The summed E-state index contributed by atoms with van der Waals surface area (Å²) in [6.07, 6.45) is 1.79. The SMILES string of the molecule is CC(C)(C)c1ccc(S(=O)(=O)NC(=O)C2(C)CCN2C(=O)C2(c3ccc(Cl)cc3)CC2)cc1. The zero-order chi connectivity index (χ0) is 24.2. The van der Waals surface area contributed by atoms with Gasteiger partial charge in [-0.2, -0.15) is 0 Å². The third-order valence-electron chi connectivity index (χ3n) is 6.97. The van der Waals surface area contributed by atoms with Crippen molar-refractivity contribution in [1.29, 1.82) is 0 Å². The molecule has 2 fully saturated rings. The number of sulfonamides is 1. The highest BCUT2D eigenvalue weighted by atomic mass is 35.5.